The maximum Gasteiger partial charge on any atom is 0.349 e. The number of benzene rings is 2. The number of ether oxygens (including phenoxy) is 1. The summed E-state index contributed by atoms with van der Waals surface area (Å²) in [5.41, 5.74) is -0.343. The van der Waals surface area contributed by atoms with Crippen LogP contribution in [0.3, 0.4) is 0 Å². The van der Waals surface area contributed by atoms with Gasteiger partial charge in [0.25, 0.3) is 5.91 Å². The average molecular weight is 313 g/mol. The first-order chi connectivity index (χ1) is 11.1. The molecule has 0 fully saturated rings. The summed E-state index contributed by atoms with van der Waals surface area (Å²) in [5.74, 6) is -0.588. The quantitative estimate of drug-likeness (QED) is 0.754. The second-order valence-electron chi connectivity index (χ2n) is 4.82. The zero-order valence-electron chi connectivity index (χ0n) is 12.1. The normalized spacial score (nSPS) is 10.5. The molecule has 23 heavy (non-hydrogen) atoms. The average Bonchev–Trinajstić information content (AvgIpc) is 2.53. The molecule has 0 unspecified atom stereocenters. The number of hydrogen-bond donors (Lipinski definition) is 1. The molecule has 0 aliphatic carbocycles. The van der Waals surface area contributed by atoms with Gasteiger partial charge in [-0.1, -0.05) is 6.07 Å². The van der Waals surface area contributed by atoms with Gasteiger partial charge in [-0.3, -0.25) is 4.79 Å². The van der Waals surface area contributed by atoms with Crippen LogP contribution < -0.4 is 15.7 Å². The van der Waals surface area contributed by atoms with E-state index in [-0.39, 0.29) is 11.3 Å². The number of carbonyl (C=O) groups excluding carboxylic acids is 1. The Morgan fingerprint density at radius 2 is 2.00 bits per heavy atom. The van der Waals surface area contributed by atoms with Crippen LogP contribution in [-0.2, 0) is 0 Å². The molecule has 116 valence electrons. The topological polar surface area (TPSA) is 68.5 Å². The van der Waals surface area contributed by atoms with E-state index in [0.717, 1.165) is 6.07 Å². The monoisotopic (exact) mass is 313 g/mol. The van der Waals surface area contributed by atoms with Gasteiger partial charge in [-0.15, -0.1) is 0 Å². The summed E-state index contributed by atoms with van der Waals surface area (Å²) in [7, 11) is 1.51. The Hall–Kier alpha value is -3.15. The van der Waals surface area contributed by atoms with Gasteiger partial charge in [-0.25, -0.2) is 9.18 Å². The van der Waals surface area contributed by atoms with Gasteiger partial charge < -0.3 is 14.5 Å². The summed E-state index contributed by atoms with van der Waals surface area (Å²) >= 11 is 0. The third-order valence-electron chi connectivity index (χ3n) is 3.27. The predicted octanol–water partition coefficient (Wildman–Crippen LogP) is 3.19. The van der Waals surface area contributed by atoms with Crippen LogP contribution in [0.25, 0.3) is 11.0 Å². The van der Waals surface area contributed by atoms with Gasteiger partial charge in [-0.05, 0) is 42.5 Å². The van der Waals surface area contributed by atoms with E-state index in [2.05, 4.69) is 5.32 Å². The van der Waals surface area contributed by atoms with Gasteiger partial charge >= 0.3 is 5.63 Å². The molecule has 0 aliphatic heterocycles. The first-order valence-corrected chi connectivity index (χ1v) is 6.75. The van der Waals surface area contributed by atoms with E-state index in [0.29, 0.717) is 16.7 Å². The van der Waals surface area contributed by atoms with E-state index in [1.807, 2.05) is 0 Å². The van der Waals surface area contributed by atoms with Crippen molar-refractivity contribution in [2.24, 2.45) is 0 Å². The molecule has 0 bridgehead atoms. The van der Waals surface area contributed by atoms with Crippen molar-refractivity contribution in [1.29, 1.82) is 0 Å². The van der Waals surface area contributed by atoms with Crippen LogP contribution in [0.1, 0.15) is 10.4 Å². The molecule has 3 rings (SSSR count). The lowest BCUT2D eigenvalue weighted by molar-refractivity contribution is 0.102. The van der Waals surface area contributed by atoms with Gasteiger partial charge in [0.15, 0.2) is 0 Å². The molecule has 3 aromatic rings. The fraction of sp³-hybridized carbons (Fsp3) is 0.0588. The van der Waals surface area contributed by atoms with Crippen molar-refractivity contribution < 1.29 is 18.3 Å². The Morgan fingerprint density at radius 3 is 2.74 bits per heavy atom. The fourth-order valence-electron chi connectivity index (χ4n) is 2.15. The van der Waals surface area contributed by atoms with Crippen molar-refractivity contribution in [3.63, 3.8) is 0 Å². The van der Waals surface area contributed by atoms with E-state index < -0.39 is 17.3 Å². The van der Waals surface area contributed by atoms with Gasteiger partial charge in [0.1, 0.15) is 22.7 Å². The maximum absolute atomic E-state index is 13.1. The molecule has 0 aliphatic rings. The van der Waals surface area contributed by atoms with Crippen LogP contribution in [0.4, 0.5) is 10.1 Å². The van der Waals surface area contributed by atoms with Crippen molar-refractivity contribution in [1.82, 2.24) is 0 Å². The SMILES string of the molecule is COc1ccc2oc(=O)c(C(=O)Nc3cccc(F)c3)cc2c1. The molecule has 1 N–H and O–H groups in total. The van der Waals surface area contributed by atoms with Crippen molar-refractivity contribution in [3.05, 3.63) is 70.3 Å². The minimum absolute atomic E-state index is 0.171. The van der Waals surface area contributed by atoms with Crippen molar-refractivity contribution in [2.75, 3.05) is 12.4 Å². The van der Waals surface area contributed by atoms with Crippen LogP contribution >= 0.6 is 0 Å². The number of fused-ring (bicyclic) bond motifs is 1. The smallest absolute Gasteiger partial charge is 0.349 e. The predicted molar refractivity (Wildman–Crippen MR) is 83.4 cm³/mol. The van der Waals surface area contributed by atoms with E-state index >= 15 is 0 Å². The Kier molecular flexibility index (Phi) is 3.80. The molecule has 2 aromatic carbocycles. The largest absolute Gasteiger partial charge is 0.497 e. The minimum Gasteiger partial charge on any atom is -0.497 e. The summed E-state index contributed by atoms with van der Waals surface area (Å²) in [6, 6.07) is 11.7. The molecule has 1 amide bonds. The number of hydrogen-bond acceptors (Lipinski definition) is 4. The second-order valence-corrected chi connectivity index (χ2v) is 4.82. The van der Waals surface area contributed by atoms with Crippen LogP contribution in [0, 0.1) is 5.82 Å². The lowest BCUT2D eigenvalue weighted by Crippen LogP contribution is -2.20. The number of anilines is 1. The van der Waals surface area contributed by atoms with Crippen LogP contribution in [0.5, 0.6) is 5.75 Å². The van der Waals surface area contributed by atoms with Gasteiger partial charge in [-0.2, -0.15) is 0 Å². The van der Waals surface area contributed by atoms with Crippen LogP contribution in [0.15, 0.2) is 57.7 Å². The maximum atomic E-state index is 13.1. The number of methoxy groups -OCH3 is 1. The molecule has 5 nitrogen and oxygen atoms in total. The van der Waals surface area contributed by atoms with E-state index in [1.54, 1.807) is 18.2 Å². The van der Waals surface area contributed by atoms with Crippen LogP contribution in [0.2, 0.25) is 0 Å². The zero-order chi connectivity index (χ0) is 16.4. The molecule has 0 atom stereocenters. The lowest BCUT2D eigenvalue weighted by Gasteiger charge is -2.06. The van der Waals surface area contributed by atoms with Crippen molar-refractivity contribution in [2.45, 2.75) is 0 Å². The molecule has 0 saturated heterocycles. The Bertz CT molecular complexity index is 949. The molecule has 0 saturated carbocycles. The molecule has 1 heterocycles. The summed E-state index contributed by atoms with van der Waals surface area (Å²) in [4.78, 5) is 24.2. The first-order valence-electron chi connectivity index (χ1n) is 6.75. The highest BCUT2D eigenvalue weighted by molar-refractivity contribution is 6.05. The van der Waals surface area contributed by atoms with Gasteiger partial charge in [0.05, 0.1) is 7.11 Å². The van der Waals surface area contributed by atoms with E-state index in [9.17, 15) is 14.0 Å². The first kappa shape index (κ1) is 14.8. The van der Waals surface area contributed by atoms with E-state index in [1.165, 1.54) is 31.4 Å². The Morgan fingerprint density at radius 1 is 1.17 bits per heavy atom. The Balaban J connectivity index is 1.99. The summed E-state index contributed by atoms with van der Waals surface area (Å²) < 4.78 is 23.4. The van der Waals surface area contributed by atoms with Crippen molar-refractivity contribution in [3.8, 4) is 5.75 Å². The number of amides is 1. The molecule has 0 spiro atoms. The third-order valence-corrected chi connectivity index (χ3v) is 3.27. The standard InChI is InChI=1S/C17H12FNO4/c1-22-13-5-6-15-10(7-13)8-14(17(21)23-15)16(20)19-12-4-2-3-11(18)9-12/h2-9H,1H3,(H,19,20). The van der Waals surface area contributed by atoms with Crippen LogP contribution in [-0.4, -0.2) is 13.0 Å². The summed E-state index contributed by atoms with van der Waals surface area (Å²) in [6.45, 7) is 0. The van der Waals surface area contributed by atoms with Crippen molar-refractivity contribution >= 4 is 22.6 Å². The molecule has 6 heteroatoms. The Labute approximate surface area is 130 Å². The third kappa shape index (κ3) is 3.06. The second kappa shape index (κ2) is 5.92. The number of nitrogens with one attached hydrogen (secondary N) is 1. The summed E-state index contributed by atoms with van der Waals surface area (Å²) in [6.07, 6.45) is 0. The van der Waals surface area contributed by atoms with Gasteiger partial charge in [0, 0.05) is 11.1 Å². The number of halogens is 1. The fourth-order valence-corrected chi connectivity index (χ4v) is 2.15. The zero-order valence-corrected chi connectivity index (χ0v) is 12.1. The highest BCUT2D eigenvalue weighted by Crippen LogP contribution is 2.20. The molecular weight excluding hydrogens is 301 g/mol. The molecular formula is C17H12FNO4. The highest BCUT2D eigenvalue weighted by Gasteiger charge is 2.14. The molecule has 0 radical (unpaired) electrons. The van der Waals surface area contributed by atoms with E-state index in [4.69, 9.17) is 9.15 Å². The minimum atomic E-state index is -0.767. The summed E-state index contributed by atoms with van der Waals surface area (Å²) in [5, 5.41) is 3.01. The van der Waals surface area contributed by atoms with Gasteiger partial charge in [0.2, 0.25) is 0 Å². The highest BCUT2D eigenvalue weighted by atomic mass is 19.1. The number of carbonyl (C=O) groups is 1. The number of rotatable bonds is 3. The lowest BCUT2D eigenvalue weighted by atomic mass is 10.1. The molecule has 1 aromatic heterocycles.